The predicted octanol–water partition coefficient (Wildman–Crippen LogP) is 4.26. The van der Waals surface area contributed by atoms with Crippen LogP contribution in [0.15, 0.2) is 59.8 Å². The molecule has 3 heterocycles. The molecule has 4 aromatic rings. The lowest BCUT2D eigenvalue weighted by Crippen LogP contribution is -2.37. The number of thioether (sulfide) groups is 1. The van der Waals surface area contributed by atoms with Crippen LogP contribution in [0.1, 0.15) is 23.0 Å². The van der Waals surface area contributed by atoms with Crippen LogP contribution in [0.3, 0.4) is 0 Å². The largest absolute Gasteiger partial charge is 0.378 e. The highest BCUT2D eigenvalue weighted by Gasteiger charge is 2.27. The van der Waals surface area contributed by atoms with Crippen LogP contribution < -0.4 is 4.90 Å². The number of hydrogen-bond donors (Lipinski definition) is 1. The average Bonchev–Trinajstić information content (AvgIpc) is 3.39. The number of para-hydroxylation sites is 2. The lowest BCUT2D eigenvalue weighted by Gasteiger charge is -2.28. The van der Waals surface area contributed by atoms with Crippen molar-refractivity contribution in [2.45, 2.75) is 24.3 Å². The van der Waals surface area contributed by atoms with E-state index in [4.69, 9.17) is 4.74 Å². The van der Waals surface area contributed by atoms with E-state index in [0.717, 1.165) is 46.9 Å². The highest BCUT2D eigenvalue weighted by Crippen LogP contribution is 2.32. The van der Waals surface area contributed by atoms with Crippen molar-refractivity contribution in [3.05, 3.63) is 65.9 Å². The Balaban J connectivity index is 1.49. The monoisotopic (exact) mass is 447 g/mol. The summed E-state index contributed by atoms with van der Waals surface area (Å²) in [6.45, 7) is 6.75. The molecule has 5 rings (SSSR count). The fraction of sp³-hybridized carbons (Fsp3) is 0.292. The SMILES string of the molecule is Cc1[nH]c2ccccc2c1C(=O)C(C)Sc1nnc(N2CCOCC2)n1-c1ccccc1. The summed E-state index contributed by atoms with van der Waals surface area (Å²) in [6.07, 6.45) is 0. The van der Waals surface area contributed by atoms with Crippen LogP contribution in [0.4, 0.5) is 5.95 Å². The van der Waals surface area contributed by atoms with E-state index >= 15 is 0 Å². The van der Waals surface area contributed by atoms with Crippen LogP contribution in [0, 0.1) is 6.92 Å². The molecule has 0 bridgehead atoms. The molecule has 1 aliphatic heterocycles. The van der Waals surface area contributed by atoms with Gasteiger partial charge in [-0.2, -0.15) is 0 Å². The number of ketones is 1. The van der Waals surface area contributed by atoms with Crippen molar-refractivity contribution in [3.8, 4) is 5.69 Å². The molecule has 7 nitrogen and oxygen atoms in total. The van der Waals surface area contributed by atoms with Crippen LogP contribution in [0.25, 0.3) is 16.6 Å². The zero-order chi connectivity index (χ0) is 22.1. The molecular formula is C24H25N5O2S. The third kappa shape index (κ3) is 3.80. The van der Waals surface area contributed by atoms with Crippen molar-refractivity contribution in [3.63, 3.8) is 0 Å². The molecule has 1 N–H and O–H groups in total. The maximum Gasteiger partial charge on any atom is 0.232 e. The Kier molecular flexibility index (Phi) is 5.71. The Labute approximate surface area is 190 Å². The van der Waals surface area contributed by atoms with E-state index in [1.54, 1.807) is 0 Å². The first-order valence-corrected chi connectivity index (χ1v) is 11.6. The molecule has 1 unspecified atom stereocenters. The van der Waals surface area contributed by atoms with Gasteiger partial charge in [-0.05, 0) is 32.0 Å². The van der Waals surface area contributed by atoms with Crippen molar-refractivity contribution in [2.24, 2.45) is 0 Å². The third-order valence-electron chi connectivity index (χ3n) is 5.72. The zero-order valence-corrected chi connectivity index (χ0v) is 18.9. The number of aromatic nitrogens is 4. The van der Waals surface area contributed by atoms with Gasteiger partial charge < -0.3 is 14.6 Å². The maximum absolute atomic E-state index is 13.5. The lowest BCUT2D eigenvalue weighted by molar-refractivity contribution is 0.0995. The van der Waals surface area contributed by atoms with Gasteiger partial charge in [0, 0.05) is 35.2 Å². The van der Waals surface area contributed by atoms with E-state index < -0.39 is 0 Å². The highest BCUT2D eigenvalue weighted by atomic mass is 32.2. The van der Waals surface area contributed by atoms with Gasteiger partial charge in [0.1, 0.15) is 0 Å². The van der Waals surface area contributed by atoms with Crippen LogP contribution in [0.2, 0.25) is 0 Å². The Bertz CT molecular complexity index is 1240. The summed E-state index contributed by atoms with van der Waals surface area (Å²) in [5.74, 6) is 0.866. The second kappa shape index (κ2) is 8.80. The number of Topliss-reactive ketones (excluding diaryl/α,β-unsaturated/α-hetero) is 1. The number of morpholine rings is 1. The number of nitrogens with zero attached hydrogens (tertiary/aromatic N) is 4. The second-order valence-corrected chi connectivity index (χ2v) is 9.16. The number of fused-ring (bicyclic) bond motifs is 1. The summed E-state index contributed by atoms with van der Waals surface area (Å²) in [5.41, 5.74) is 3.60. The number of nitrogens with one attached hydrogen (secondary N) is 1. The van der Waals surface area contributed by atoms with Crippen molar-refractivity contribution in [2.75, 3.05) is 31.2 Å². The minimum absolute atomic E-state index is 0.0838. The van der Waals surface area contributed by atoms with E-state index in [-0.39, 0.29) is 11.0 Å². The second-order valence-electron chi connectivity index (χ2n) is 7.85. The maximum atomic E-state index is 13.5. The number of H-pyrrole nitrogens is 1. The quantitative estimate of drug-likeness (QED) is 0.352. The standard InChI is InChI=1S/C24H25N5O2S/c1-16-21(19-10-6-7-11-20(19)25-16)22(30)17(2)32-24-27-26-23(28-12-14-31-15-13-28)29(24)18-8-4-3-5-9-18/h3-11,17,25H,12-15H2,1-2H3. The number of aryl methyl sites for hydroxylation is 1. The first kappa shape index (κ1) is 20.8. The normalized spacial score (nSPS) is 15.2. The van der Waals surface area contributed by atoms with E-state index in [1.165, 1.54) is 11.8 Å². The molecule has 0 amide bonds. The van der Waals surface area contributed by atoms with Crippen molar-refractivity contribution in [1.29, 1.82) is 0 Å². The summed E-state index contributed by atoms with van der Waals surface area (Å²) in [4.78, 5) is 19.0. The molecule has 32 heavy (non-hydrogen) atoms. The fourth-order valence-electron chi connectivity index (χ4n) is 4.12. The lowest BCUT2D eigenvalue weighted by atomic mass is 10.1. The number of carbonyl (C=O) groups excluding carboxylic acids is 1. The molecule has 1 atom stereocenters. The van der Waals surface area contributed by atoms with Crippen LogP contribution >= 0.6 is 11.8 Å². The smallest absolute Gasteiger partial charge is 0.232 e. The highest BCUT2D eigenvalue weighted by molar-refractivity contribution is 8.00. The number of aromatic amines is 1. The van der Waals surface area contributed by atoms with Crippen LogP contribution in [-0.2, 0) is 4.74 Å². The average molecular weight is 448 g/mol. The topological polar surface area (TPSA) is 76.0 Å². The summed E-state index contributed by atoms with van der Waals surface area (Å²) < 4.78 is 7.55. The fourth-order valence-corrected chi connectivity index (χ4v) is 5.04. The summed E-state index contributed by atoms with van der Waals surface area (Å²) in [6, 6.07) is 18.0. The van der Waals surface area contributed by atoms with Gasteiger partial charge in [0.2, 0.25) is 5.95 Å². The molecule has 0 saturated carbocycles. The molecule has 1 aliphatic rings. The van der Waals surface area contributed by atoms with Crippen LogP contribution in [-0.4, -0.2) is 57.1 Å². The number of rotatable bonds is 6. The first-order chi connectivity index (χ1) is 15.6. The Morgan fingerprint density at radius 3 is 2.56 bits per heavy atom. The van der Waals surface area contributed by atoms with Gasteiger partial charge in [0.05, 0.1) is 24.2 Å². The number of benzene rings is 2. The molecular weight excluding hydrogens is 422 g/mol. The molecule has 8 heteroatoms. The van der Waals surface area contributed by atoms with E-state index in [9.17, 15) is 4.79 Å². The Morgan fingerprint density at radius 2 is 1.78 bits per heavy atom. The molecule has 2 aromatic carbocycles. The molecule has 1 fully saturated rings. The summed E-state index contributed by atoms with van der Waals surface area (Å²) >= 11 is 1.44. The Hall–Kier alpha value is -3.10. The zero-order valence-electron chi connectivity index (χ0n) is 18.1. The van der Waals surface area contributed by atoms with Gasteiger partial charge in [0.15, 0.2) is 10.9 Å². The number of ether oxygens (including phenoxy) is 1. The van der Waals surface area contributed by atoms with Gasteiger partial charge in [-0.3, -0.25) is 9.36 Å². The molecule has 0 aliphatic carbocycles. The minimum Gasteiger partial charge on any atom is -0.378 e. The molecule has 2 aromatic heterocycles. The first-order valence-electron chi connectivity index (χ1n) is 10.7. The van der Waals surface area contributed by atoms with E-state index in [2.05, 4.69) is 20.1 Å². The molecule has 1 saturated heterocycles. The van der Waals surface area contributed by atoms with Crippen molar-refractivity contribution < 1.29 is 9.53 Å². The summed E-state index contributed by atoms with van der Waals surface area (Å²) in [7, 11) is 0. The number of anilines is 1. The van der Waals surface area contributed by atoms with Crippen LogP contribution in [0.5, 0.6) is 0 Å². The molecule has 164 valence electrons. The van der Waals surface area contributed by atoms with Gasteiger partial charge >= 0.3 is 0 Å². The molecule has 0 radical (unpaired) electrons. The van der Waals surface area contributed by atoms with Gasteiger partial charge in [-0.15, -0.1) is 10.2 Å². The third-order valence-corrected chi connectivity index (χ3v) is 6.76. The van der Waals surface area contributed by atoms with Gasteiger partial charge in [0.25, 0.3) is 0 Å². The predicted molar refractivity (Wildman–Crippen MR) is 127 cm³/mol. The Morgan fingerprint density at radius 1 is 1.06 bits per heavy atom. The number of carbonyl (C=O) groups is 1. The van der Waals surface area contributed by atoms with Gasteiger partial charge in [-0.25, -0.2) is 0 Å². The van der Waals surface area contributed by atoms with Crippen molar-refractivity contribution in [1.82, 2.24) is 19.7 Å². The van der Waals surface area contributed by atoms with E-state index in [1.807, 2.05) is 73.0 Å². The van der Waals surface area contributed by atoms with Crippen molar-refractivity contribution >= 4 is 34.4 Å². The van der Waals surface area contributed by atoms with E-state index in [0.29, 0.717) is 18.4 Å². The minimum atomic E-state index is -0.322. The summed E-state index contributed by atoms with van der Waals surface area (Å²) in [5, 5.41) is 10.3. The van der Waals surface area contributed by atoms with Gasteiger partial charge in [-0.1, -0.05) is 48.2 Å². The number of hydrogen-bond acceptors (Lipinski definition) is 6. The molecule has 0 spiro atoms.